The number of ether oxygens (including phenoxy) is 3. The van der Waals surface area contributed by atoms with Crippen molar-refractivity contribution in [2.75, 3.05) is 33.5 Å². The molecule has 0 aliphatic carbocycles. The van der Waals surface area contributed by atoms with Gasteiger partial charge in [0.1, 0.15) is 0 Å². The Kier molecular flexibility index (Phi) is 7.12. The average molecular weight is 432 g/mol. The maximum atomic E-state index is 13.2. The van der Waals surface area contributed by atoms with Gasteiger partial charge in [-0.2, -0.15) is 0 Å². The van der Waals surface area contributed by atoms with Crippen molar-refractivity contribution < 1.29 is 28.9 Å². The molecule has 0 saturated carbocycles. The van der Waals surface area contributed by atoms with Crippen LogP contribution in [0.25, 0.3) is 0 Å². The summed E-state index contributed by atoms with van der Waals surface area (Å²) in [5, 5.41) is 12.4. The molecule has 8 heteroatoms. The van der Waals surface area contributed by atoms with E-state index in [1.54, 1.807) is 35.7 Å². The van der Waals surface area contributed by atoms with Crippen LogP contribution in [0.5, 0.6) is 11.5 Å². The maximum Gasteiger partial charge on any atom is 0.290 e. The lowest BCUT2D eigenvalue weighted by molar-refractivity contribution is -0.130. The highest BCUT2D eigenvalue weighted by Gasteiger charge is 2.44. The molecule has 0 radical (unpaired) electrons. The van der Waals surface area contributed by atoms with E-state index in [2.05, 4.69) is 0 Å². The van der Waals surface area contributed by atoms with Crippen molar-refractivity contribution >= 4 is 23.0 Å². The van der Waals surface area contributed by atoms with Crippen molar-refractivity contribution in [3.05, 3.63) is 57.5 Å². The van der Waals surface area contributed by atoms with Crippen LogP contribution in [-0.2, 0) is 9.53 Å². The molecular weight excluding hydrogens is 406 g/mol. The third-order valence-electron chi connectivity index (χ3n) is 4.71. The van der Waals surface area contributed by atoms with Crippen LogP contribution in [0, 0.1) is 0 Å². The zero-order valence-corrected chi connectivity index (χ0v) is 18.0. The first-order valence-corrected chi connectivity index (χ1v) is 10.6. The fourth-order valence-electron chi connectivity index (χ4n) is 3.43. The van der Waals surface area contributed by atoms with Gasteiger partial charge in [-0.25, -0.2) is 0 Å². The fraction of sp³-hybridized carbons (Fsp3) is 0.364. The number of aliphatic hydroxyl groups is 1. The lowest BCUT2D eigenvalue weighted by Gasteiger charge is -2.27. The zero-order chi connectivity index (χ0) is 21.7. The standard InChI is InChI=1S/C22H25NO6S/c1-4-28-15-9-8-14(13-16(15)29-5-2)19-18(20(24)17-7-6-12-30-17)21(25)22(26)23(19)10-11-27-3/h6-9,12-13,19,25H,4-5,10-11H2,1-3H3. The minimum atomic E-state index is -0.753. The largest absolute Gasteiger partial charge is 0.503 e. The number of rotatable bonds is 10. The number of methoxy groups -OCH3 is 1. The molecule has 1 aromatic heterocycles. The Balaban J connectivity index is 2.09. The van der Waals surface area contributed by atoms with E-state index < -0.39 is 17.7 Å². The third-order valence-corrected chi connectivity index (χ3v) is 5.58. The molecule has 1 aromatic carbocycles. The Morgan fingerprint density at radius 2 is 1.90 bits per heavy atom. The molecule has 0 fully saturated rings. The van der Waals surface area contributed by atoms with Gasteiger partial charge in [0.2, 0.25) is 5.78 Å². The van der Waals surface area contributed by atoms with Crippen LogP contribution in [0.4, 0.5) is 0 Å². The van der Waals surface area contributed by atoms with Gasteiger partial charge in [0.05, 0.1) is 36.3 Å². The van der Waals surface area contributed by atoms with Gasteiger partial charge in [-0.15, -0.1) is 11.3 Å². The first kappa shape index (κ1) is 21.9. The predicted octanol–water partition coefficient (Wildman–Crippen LogP) is 3.77. The highest BCUT2D eigenvalue weighted by atomic mass is 32.1. The fourth-order valence-corrected chi connectivity index (χ4v) is 4.11. The molecule has 1 aliphatic heterocycles. The zero-order valence-electron chi connectivity index (χ0n) is 17.2. The number of amides is 1. The first-order valence-electron chi connectivity index (χ1n) is 9.74. The molecule has 2 aromatic rings. The number of nitrogens with zero attached hydrogens (tertiary/aromatic N) is 1. The van der Waals surface area contributed by atoms with E-state index in [9.17, 15) is 14.7 Å². The molecule has 30 heavy (non-hydrogen) atoms. The molecule has 1 unspecified atom stereocenters. The lowest BCUT2D eigenvalue weighted by Crippen LogP contribution is -2.34. The molecule has 2 heterocycles. The third kappa shape index (κ3) is 4.20. The smallest absolute Gasteiger partial charge is 0.290 e. The van der Waals surface area contributed by atoms with Crippen LogP contribution < -0.4 is 9.47 Å². The number of Topliss-reactive ketones (excluding diaryl/α,β-unsaturated/α-hetero) is 1. The van der Waals surface area contributed by atoms with Crippen molar-refractivity contribution in [1.29, 1.82) is 0 Å². The molecule has 1 atom stereocenters. The molecular formula is C22H25NO6S. The summed E-state index contributed by atoms with van der Waals surface area (Å²) >= 11 is 1.26. The van der Waals surface area contributed by atoms with E-state index in [1.807, 2.05) is 13.8 Å². The Morgan fingerprint density at radius 1 is 1.17 bits per heavy atom. The molecule has 3 rings (SSSR count). The number of thiophene rings is 1. The van der Waals surface area contributed by atoms with Crippen molar-refractivity contribution in [3.63, 3.8) is 0 Å². The summed E-state index contributed by atoms with van der Waals surface area (Å²) in [6.45, 7) is 5.15. The van der Waals surface area contributed by atoms with E-state index >= 15 is 0 Å². The maximum absolute atomic E-state index is 13.2. The topological polar surface area (TPSA) is 85.3 Å². The van der Waals surface area contributed by atoms with Crippen molar-refractivity contribution in [2.24, 2.45) is 0 Å². The molecule has 1 N–H and O–H groups in total. The van der Waals surface area contributed by atoms with Gasteiger partial charge in [-0.3, -0.25) is 9.59 Å². The van der Waals surface area contributed by atoms with Gasteiger partial charge in [0.25, 0.3) is 5.91 Å². The second-order valence-corrected chi connectivity index (χ2v) is 7.48. The van der Waals surface area contributed by atoms with Gasteiger partial charge >= 0.3 is 0 Å². The van der Waals surface area contributed by atoms with Gasteiger partial charge in [-0.1, -0.05) is 12.1 Å². The van der Waals surface area contributed by atoms with Gasteiger partial charge in [0.15, 0.2) is 17.3 Å². The van der Waals surface area contributed by atoms with E-state index in [4.69, 9.17) is 14.2 Å². The number of benzene rings is 1. The van der Waals surface area contributed by atoms with Crippen LogP contribution in [0.15, 0.2) is 47.0 Å². The molecule has 160 valence electrons. The SMILES string of the molecule is CCOc1ccc(C2C(C(=O)c3cccs3)=C(O)C(=O)N2CCOC)cc1OCC. The molecule has 0 bridgehead atoms. The summed E-state index contributed by atoms with van der Waals surface area (Å²) in [6, 6.07) is 7.98. The summed E-state index contributed by atoms with van der Waals surface area (Å²) in [6.07, 6.45) is 0. The number of carbonyl (C=O) groups is 2. The van der Waals surface area contributed by atoms with Crippen molar-refractivity contribution in [1.82, 2.24) is 4.90 Å². The van der Waals surface area contributed by atoms with Gasteiger partial charge in [-0.05, 0) is 43.0 Å². The van der Waals surface area contributed by atoms with Crippen LogP contribution in [0.1, 0.15) is 35.1 Å². The second-order valence-electron chi connectivity index (χ2n) is 6.53. The second kappa shape index (κ2) is 9.77. The molecule has 1 aliphatic rings. The predicted molar refractivity (Wildman–Crippen MR) is 113 cm³/mol. The van der Waals surface area contributed by atoms with Crippen LogP contribution in [0.3, 0.4) is 0 Å². The number of carbonyl (C=O) groups excluding carboxylic acids is 2. The van der Waals surface area contributed by atoms with E-state index in [0.717, 1.165) is 0 Å². The van der Waals surface area contributed by atoms with Crippen LogP contribution >= 0.6 is 11.3 Å². The van der Waals surface area contributed by atoms with Gasteiger partial charge < -0.3 is 24.2 Å². The summed E-state index contributed by atoms with van der Waals surface area (Å²) in [5.74, 6) is -0.390. The van der Waals surface area contributed by atoms with E-state index in [0.29, 0.717) is 35.2 Å². The van der Waals surface area contributed by atoms with Gasteiger partial charge in [0, 0.05) is 13.7 Å². The highest BCUT2D eigenvalue weighted by molar-refractivity contribution is 7.12. The summed E-state index contributed by atoms with van der Waals surface area (Å²) in [7, 11) is 1.53. The van der Waals surface area contributed by atoms with Crippen LogP contribution in [-0.4, -0.2) is 55.2 Å². The number of ketones is 1. The Bertz CT molecular complexity index is 937. The monoisotopic (exact) mass is 431 g/mol. The van der Waals surface area contributed by atoms with E-state index in [-0.39, 0.29) is 24.5 Å². The Labute approximate surface area is 179 Å². The average Bonchev–Trinajstić information content (AvgIpc) is 3.36. The molecule has 1 amide bonds. The van der Waals surface area contributed by atoms with Crippen LogP contribution in [0.2, 0.25) is 0 Å². The summed E-state index contributed by atoms with van der Waals surface area (Å²) in [5.41, 5.74) is 0.709. The lowest BCUT2D eigenvalue weighted by atomic mass is 9.95. The van der Waals surface area contributed by atoms with Crippen molar-refractivity contribution in [2.45, 2.75) is 19.9 Å². The highest BCUT2D eigenvalue weighted by Crippen LogP contribution is 2.42. The molecule has 7 nitrogen and oxygen atoms in total. The number of aliphatic hydroxyl groups excluding tert-OH is 1. The molecule has 0 spiro atoms. The first-order chi connectivity index (χ1) is 14.5. The normalized spacial score (nSPS) is 16.3. The van der Waals surface area contributed by atoms with E-state index in [1.165, 1.54) is 23.3 Å². The minimum absolute atomic E-state index is 0.0603. The minimum Gasteiger partial charge on any atom is -0.503 e. The number of hydrogen-bond acceptors (Lipinski definition) is 7. The number of hydrogen-bond donors (Lipinski definition) is 1. The Hall–Kier alpha value is -2.84. The summed E-state index contributed by atoms with van der Waals surface area (Å²) in [4.78, 5) is 27.9. The Morgan fingerprint density at radius 3 is 2.53 bits per heavy atom. The molecule has 0 saturated heterocycles. The van der Waals surface area contributed by atoms with Crippen molar-refractivity contribution in [3.8, 4) is 11.5 Å². The quantitative estimate of drug-likeness (QED) is 0.577. The summed E-state index contributed by atoms with van der Waals surface area (Å²) < 4.78 is 16.5.